The van der Waals surface area contributed by atoms with Crippen LogP contribution in [0.2, 0.25) is 0 Å². The van der Waals surface area contributed by atoms with E-state index in [1.807, 2.05) is 0 Å². The van der Waals surface area contributed by atoms with Gasteiger partial charge in [0.15, 0.2) is 0 Å². The van der Waals surface area contributed by atoms with Crippen LogP contribution in [0.1, 0.15) is 45.1 Å². The van der Waals surface area contributed by atoms with Gasteiger partial charge in [-0.3, -0.25) is 0 Å². The molecule has 100 valence electrons. The highest BCUT2D eigenvalue weighted by atomic mass is 16.3. The Labute approximate surface area is 111 Å². The van der Waals surface area contributed by atoms with Crippen LogP contribution in [0.5, 0.6) is 0 Å². The molecule has 1 aromatic carbocycles. The van der Waals surface area contributed by atoms with Gasteiger partial charge in [-0.15, -0.1) is 0 Å². The average Bonchev–Trinajstić information content (AvgIpc) is 2.75. The monoisotopic (exact) mass is 246 g/mol. The maximum absolute atomic E-state index is 9.99. The summed E-state index contributed by atoms with van der Waals surface area (Å²) in [7, 11) is 0. The molecule has 0 saturated heterocycles. The first-order valence-corrected chi connectivity index (χ1v) is 7.39. The number of aliphatic hydroxyl groups excluding tert-OH is 1. The lowest BCUT2D eigenvalue weighted by Crippen LogP contribution is -2.21. The van der Waals surface area contributed by atoms with Crippen LogP contribution in [0, 0.1) is 17.8 Å². The zero-order valence-electron chi connectivity index (χ0n) is 11.7. The lowest BCUT2D eigenvalue weighted by molar-refractivity contribution is 0.111. The molecule has 0 radical (unpaired) electrons. The Morgan fingerprint density at radius 3 is 2.44 bits per heavy atom. The molecule has 1 fully saturated rings. The van der Waals surface area contributed by atoms with Crippen LogP contribution in [0.4, 0.5) is 0 Å². The minimum atomic E-state index is -0.0398. The highest BCUT2D eigenvalue weighted by Crippen LogP contribution is 2.34. The van der Waals surface area contributed by atoms with E-state index in [1.54, 1.807) is 0 Å². The number of aliphatic hydroxyl groups is 1. The van der Waals surface area contributed by atoms with E-state index >= 15 is 0 Å². The molecule has 3 unspecified atom stereocenters. The number of hydrogen-bond acceptors (Lipinski definition) is 1. The summed E-state index contributed by atoms with van der Waals surface area (Å²) >= 11 is 0. The summed E-state index contributed by atoms with van der Waals surface area (Å²) in [6.07, 6.45) is 5.75. The van der Waals surface area contributed by atoms with Gasteiger partial charge in [-0.25, -0.2) is 0 Å². The van der Waals surface area contributed by atoms with E-state index < -0.39 is 0 Å². The predicted octanol–water partition coefficient (Wildman–Crippen LogP) is 4.05. The summed E-state index contributed by atoms with van der Waals surface area (Å²) < 4.78 is 0. The van der Waals surface area contributed by atoms with Crippen LogP contribution in [0.3, 0.4) is 0 Å². The smallest absolute Gasteiger partial charge is 0.0568 e. The van der Waals surface area contributed by atoms with Gasteiger partial charge in [-0.05, 0) is 49.0 Å². The standard InChI is InChI=1S/C17H26O/c1-13(2)16(11-14-7-4-3-5-8-14)12-15-9-6-10-17(15)18/h3-5,7-8,13,15-18H,6,9-12H2,1-2H3. The van der Waals surface area contributed by atoms with Crippen molar-refractivity contribution >= 4 is 0 Å². The van der Waals surface area contributed by atoms with Crippen LogP contribution in [0.25, 0.3) is 0 Å². The molecule has 0 bridgehead atoms. The van der Waals surface area contributed by atoms with Gasteiger partial charge in [0.1, 0.15) is 0 Å². The molecule has 1 aromatic rings. The van der Waals surface area contributed by atoms with E-state index in [1.165, 1.54) is 24.8 Å². The molecule has 1 heteroatoms. The van der Waals surface area contributed by atoms with Crippen molar-refractivity contribution < 1.29 is 5.11 Å². The number of rotatable bonds is 5. The topological polar surface area (TPSA) is 20.2 Å². The highest BCUT2D eigenvalue weighted by Gasteiger charge is 2.28. The van der Waals surface area contributed by atoms with Gasteiger partial charge < -0.3 is 5.11 Å². The molecule has 0 heterocycles. The normalized spacial score (nSPS) is 25.6. The maximum atomic E-state index is 9.99. The first kappa shape index (κ1) is 13.6. The molecule has 3 atom stereocenters. The van der Waals surface area contributed by atoms with Crippen molar-refractivity contribution in [1.29, 1.82) is 0 Å². The summed E-state index contributed by atoms with van der Waals surface area (Å²) in [6, 6.07) is 10.8. The van der Waals surface area contributed by atoms with Crippen molar-refractivity contribution in [2.45, 2.75) is 52.1 Å². The van der Waals surface area contributed by atoms with Crippen molar-refractivity contribution in [3.8, 4) is 0 Å². The molecule has 1 N–H and O–H groups in total. The second-order valence-electron chi connectivity index (χ2n) is 6.19. The van der Waals surface area contributed by atoms with Crippen LogP contribution >= 0.6 is 0 Å². The van der Waals surface area contributed by atoms with E-state index in [4.69, 9.17) is 0 Å². The zero-order valence-corrected chi connectivity index (χ0v) is 11.7. The van der Waals surface area contributed by atoms with E-state index in [-0.39, 0.29) is 6.10 Å². The van der Waals surface area contributed by atoms with Crippen LogP contribution < -0.4 is 0 Å². The Hall–Kier alpha value is -0.820. The minimum absolute atomic E-state index is 0.0398. The fourth-order valence-electron chi connectivity index (χ4n) is 3.19. The van der Waals surface area contributed by atoms with Crippen molar-refractivity contribution in [1.82, 2.24) is 0 Å². The minimum Gasteiger partial charge on any atom is -0.393 e. The molecular weight excluding hydrogens is 220 g/mol. The third-order valence-corrected chi connectivity index (χ3v) is 4.51. The van der Waals surface area contributed by atoms with Crippen LogP contribution in [-0.2, 0) is 6.42 Å². The second kappa shape index (κ2) is 6.38. The first-order valence-electron chi connectivity index (χ1n) is 7.39. The molecule has 1 aliphatic rings. The van der Waals surface area contributed by atoms with Gasteiger partial charge in [0, 0.05) is 0 Å². The Morgan fingerprint density at radius 2 is 1.89 bits per heavy atom. The molecular formula is C17H26O. The Kier molecular flexibility index (Phi) is 4.82. The van der Waals surface area contributed by atoms with Crippen LogP contribution in [0.15, 0.2) is 30.3 Å². The summed E-state index contributed by atoms with van der Waals surface area (Å²) in [5, 5.41) is 9.99. The first-order chi connectivity index (χ1) is 8.66. The predicted molar refractivity (Wildman–Crippen MR) is 76.4 cm³/mol. The summed E-state index contributed by atoms with van der Waals surface area (Å²) in [5.41, 5.74) is 1.43. The zero-order chi connectivity index (χ0) is 13.0. The van der Waals surface area contributed by atoms with Gasteiger partial charge in [0.25, 0.3) is 0 Å². The van der Waals surface area contributed by atoms with Crippen LogP contribution in [-0.4, -0.2) is 11.2 Å². The Morgan fingerprint density at radius 1 is 1.17 bits per heavy atom. The summed E-state index contributed by atoms with van der Waals surface area (Å²) in [5.74, 6) is 1.93. The molecule has 1 aliphatic carbocycles. The number of benzene rings is 1. The Balaban J connectivity index is 1.96. The van der Waals surface area contributed by atoms with Crippen molar-refractivity contribution in [3.63, 3.8) is 0 Å². The Bertz CT molecular complexity index is 344. The van der Waals surface area contributed by atoms with Gasteiger partial charge in [-0.2, -0.15) is 0 Å². The van der Waals surface area contributed by atoms with E-state index in [0.29, 0.717) is 17.8 Å². The fourth-order valence-corrected chi connectivity index (χ4v) is 3.19. The molecule has 0 aliphatic heterocycles. The highest BCUT2D eigenvalue weighted by molar-refractivity contribution is 5.15. The van der Waals surface area contributed by atoms with Crippen molar-refractivity contribution in [3.05, 3.63) is 35.9 Å². The van der Waals surface area contributed by atoms with E-state index in [2.05, 4.69) is 44.2 Å². The summed E-state index contributed by atoms with van der Waals surface area (Å²) in [6.45, 7) is 4.63. The van der Waals surface area contributed by atoms with Gasteiger partial charge in [0.05, 0.1) is 6.10 Å². The molecule has 1 saturated carbocycles. The molecule has 18 heavy (non-hydrogen) atoms. The maximum Gasteiger partial charge on any atom is 0.0568 e. The molecule has 2 rings (SSSR count). The SMILES string of the molecule is CC(C)C(Cc1ccccc1)CC1CCCC1O. The van der Waals surface area contributed by atoms with Gasteiger partial charge >= 0.3 is 0 Å². The largest absolute Gasteiger partial charge is 0.393 e. The molecule has 0 amide bonds. The summed E-state index contributed by atoms with van der Waals surface area (Å²) in [4.78, 5) is 0. The molecule has 0 spiro atoms. The lowest BCUT2D eigenvalue weighted by Gasteiger charge is -2.26. The lowest BCUT2D eigenvalue weighted by atomic mass is 9.81. The third kappa shape index (κ3) is 3.58. The number of hydrogen-bond donors (Lipinski definition) is 1. The van der Waals surface area contributed by atoms with E-state index in [9.17, 15) is 5.11 Å². The molecule has 1 nitrogen and oxygen atoms in total. The van der Waals surface area contributed by atoms with Crippen molar-refractivity contribution in [2.24, 2.45) is 17.8 Å². The molecule has 0 aromatic heterocycles. The van der Waals surface area contributed by atoms with E-state index in [0.717, 1.165) is 12.8 Å². The quantitative estimate of drug-likeness (QED) is 0.831. The third-order valence-electron chi connectivity index (χ3n) is 4.51. The average molecular weight is 246 g/mol. The van der Waals surface area contributed by atoms with Crippen molar-refractivity contribution in [2.75, 3.05) is 0 Å². The fraction of sp³-hybridized carbons (Fsp3) is 0.647. The second-order valence-corrected chi connectivity index (χ2v) is 6.19. The van der Waals surface area contributed by atoms with Gasteiger partial charge in [0.2, 0.25) is 0 Å². The van der Waals surface area contributed by atoms with Gasteiger partial charge in [-0.1, -0.05) is 50.6 Å².